The van der Waals surface area contributed by atoms with Gasteiger partial charge in [0.1, 0.15) is 10.8 Å². The smallest absolute Gasteiger partial charge is 0.272 e. The highest BCUT2D eigenvalue weighted by Gasteiger charge is 2.24. The Morgan fingerprint density at radius 1 is 1.25 bits per heavy atom. The number of anilines is 2. The minimum Gasteiger partial charge on any atom is -0.381 e. The molecule has 3 heterocycles. The summed E-state index contributed by atoms with van der Waals surface area (Å²) in [7, 11) is 0. The van der Waals surface area contributed by atoms with E-state index in [1.165, 1.54) is 12.3 Å². The van der Waals surface area contributed by atoms with Crippen LogP contribution in [0, 0.1) is 5.95 Å². The molecule has 1 aliphatic rings. The number of aromatic amines is 1. The third-order valence-corrected chi connectivity index (χ3v) is 5.05. The van der Waals surface area contributed by atoms with E-state index in [-0.39, 0.29) is 16.9 Å². The van der Waals surface area contributed by atoms with Gasteiger partial charge in [0.25, 0.3) is 5.56 Å². The van der Waals surface area contributed by atoms with Crippen LogP contribution in [0.3, 0.4) is 0 Å². The number of para-hydroxylation sites is 1. The Kier molecular flexibility index (Phi) is 5.25. The van der Waals surface area contributed by atoms with Crippen molar-refractivity contribution in [3.8, 4) is 11.4 Å². The number of aromatic nitrogens is 3. The molecule has 0 radical (unpaired) electrons. The molecule has 2 aromatic heterocycles. The Hall–Kier alpha value is -2.93. The molecule has 1 aromatic carbocycles. The van der Waals surface area contributed by atoms with Crippen molar-refractivity contribution < 1.29 is 4.39 Å². The number of hydrogen-bond acceptors (Lipinski definition) is 5. The standard InChI is InChI=1S/C20H19ClFN5O/c21-17-19(25-18(26-20(17)28)13-8-9-23-16(22)11-13)27-10-4-7-15(12-27)24-14-5-2-1-3-6-14/h1-3,5-6,8-9,11,15,24H,4,7,10,12H2,(H,25,26,28)/t15-/m0/s1. The zero-order chi connectivity index (χ0) is 19.5. The molecule has 28 heavy (non-hydrogen) atoms. The number of piperidine rings is 1. The van der Waals surface area contributed by atoms with Crippen LogP contribution in [0.1, 0.15) is 12.8 Å². The Labute approximate surface area is 166 Å². The summed E-state index contributed by atoms with van der Waals surface area (Å²) in [5, 5.41) is 3.55. The lowest BCUT2D eigenvalue weighted by Crippen LogP contribution is -2.43. The zero-order valence-corrected chi connectivity index (χ0v) is 15.8. The Bertz CT molecular complexity index is 1030. The van der Waals surface area contributed by atoms with Gasteiger partial charge in [0, 0.05) is 42.6 Å². The van der Waals surface area contributed by atoms with E-state index >= 15 is 0 Å². The SMILES string of the molecule is O=c1[nH]c(-c2ccnc(F)c2)nc(N2CCC[C@H](Nc3ccccc3)C2)c1Cl. The van der Waals surface area contributed by atoms with Crippen molar-refractivity contribution in [1.82, 2.24) is 15.0 Å². The number of H-pyrrole nitrogens is 1. The Morgan fingerprint density at radius 2 is 2.07 bits per heavy atom. The summed E-state index contributed by atoms with van der Waals surface area (Å²) < 4.78 is 13.5. The van der Waals surface area contributed by atoms with Crippen molar-refractivity contribution in [1.29, 1.82) is 0 Å². The molecule has 1 fully saturated rings. The van der Waals surface area contributed by atoms with Crippen LogP contribution >= 0.6 is 11.6 Å². The first kappa shape index (κ1) is 18.4. The van der Waals surface area contributed by atoms with E-state index in [0.717, 1.165) is 25.1 Å². The van der Waals surface area contributed by atoms with E-state index in [2.05, 4.69) is 20.3 Å². The lowest BCUT2D eigenvalue weighted by molar-refractivity contribution is 0.526. The van der Waals surface area contributed by atoms with Gasteiger partial charge >= 0.3 is 0 Å². The van der Waals surface area contributed by atoms with Gasteiger partial charge in [-0.15, -0.1) is 0 Å². The molecule has 1 saturated heterocycles. The maximum Gasteiger partial charge on any atom is 0.272 e. The molecule has 0 saturated carbocycles. The first-order valence-corrected chi connectivity index (χ1v) is 9.46. The quantitative estimate of drug-likeness (QED) is 0.654. The van der Waals surface area contributed by atoms with Crippen molar-refractivity contribution in [2.75, 3.05) is 23.3 Å². The number of pyridine rings is 1. The topological polar surface area (TPSA) is 73.9 Å². The molecule has 1 aliphatic heterocycles. The lowest BCUT2D eigenvalue weighted by Gasteiger charge is -2.34. The maximum atomic E-state index is 13.5. The first-order chi connectivity index (χ1) is 13.6. The fourth-order valence-corrected chi connectivity index (χ4v) is 3.61. The van der Waals surface area contributed by atoms with Crippen LogP contribution in [0.4, 0.5) is 15.9 Å². The molecule has 0 spiro atoms. The Morgan fingerprint density at radius 3 is 2.86 bits per heavy atom. The number of nitrogens with zero attached hydrogens (tertiary/aromatic N) is 3. The number of nitrogens with one attached hydrogen (secondary N) is 2. The van der Waals surface area contributed by atoms with Crippen molar-refractivity contribution >= 4 is 23.1 Å². The van der Waals surface area contributed by atoms with Crippen molar-refractivity contribution in [3.05, 3.63) is 70.0 Å². The van der Waals surface area contributed by atoms with E-state index in [9.17, 15) is 9.18 Å². The largest absolute Gasteiger partial charge is 0.381 e. The maximum absolute atomic E-state index is 13.5. The fourth-order valence-electron chi connectivity index (χ4n) is 3.40. The highest BCUT2D eigenvalue weighted by molar-refractivity contribution is 6.32. The van der Waals surface area contributed by atoms with Crippen LogP contribution in [-0.4, -0.2) is 34.1 Å². The lowest BCUT2D eigenvalue weighted by atomic mass is 10.1. The van der Waals surface area contributed by atoms with Crippen LogP contribution in [0.15, 0.2) is 53.5 Å². The van der Waals surface area contributed by atoms with E-state index < -0.39 is 11.5 Å². The molecular weight excluding hydrogens is 381 g/mol. The number of hydrogen-bond donors (Lipinski definition) is 2. The average Bonchev–Trinajstić information content (AvgIpc) is 2.71. The normalized spacial score (nSPS) is 16.8. The monoisotopic (exact) mass is 399 g/mol. The Balaban J connectivity index is 1.61. The predicted molar refractivity (Wildman–Crippen MR) is 108 cm³/mol. The number of halogens is 2. The van der Waals surface area contributed by atoms with E-state index in [4.69, 9.17) is 11.6 Å². The third-order valence-electron chi connectivity index (χ3n) is 4.71. The summed E-state index contributed by atoms with van der Waals surface area (Å²) >= 11 is 6.27. The second-order valence-corrected chi connectivity index (χ2v) is 7.09. The summed E-state index contributed by atoms with van der Waals surface area (Å²) in [6.07, 6.45) is 3.28. The van der Waals surface area contributed by atoms with E-state index in [1.54, 1.807) is 6.07 Å². The molecule has 0 aliphatic carbocycles. The fraction of sp³-hybridized carbons (Fsp3) is 0.250. The van der Waals surface area contributed by atoms with Crippen molar-refractivity contribution in [2.24, 2.45) is 0 Å². The van der Waals surface area contributed by atoms with Gasteiger partial charge in [-0.3, -0.25) is 4.79 Å². The molecule has 4 rings (SSSR count). The van der Waals surface area contributed by atoms with Gasteiger partial charge in [-0.25, -0.2) is 9.97 Å². The minimum absolute atomic E-state index is 0.0404. The minimum atomic E-state index is -0.637. The van der Waals surface area contributed by atoms with Gasteiger partial charge in [-0.1, -0.05) is 29.8 Å². The highest BCUT2D eigenvalue weighted by Crippen LogP contribution is 2.27. The molecule has 0 amide bonds. The molecule has 1 atom stereocenters. The van der Waals surface area contributed by atoms with Crippen LogP contribution in [-0.2, 0) is 0 Å². The van der Waals surface area contributed by atoms with E-state index in [0.29, 0.717) is 17.9 Å². The van der Waals surface area contributed by atoms with Crippen molar-refractivity contribution in [3.63, 3.8) is 0 Å². The zero-order valence-electron chi connectivity index (χ0n) is 15.0. The van der Waals surface area contributed by atoms with Crippen LogP contribution in [0.25, 0.3) is 11.4 Å². The molecule has 2 N–H and O–H groups in total. The molecular formula is C20H19ClFN5O. The van der Waals surface area contributed by atoms with Crippen LogP contribution in [0.2, 0.25) is 5.02 Å². The summed E-state index contributed by atoms with van der Waals surface area (Å²) in [4.78, 5) is 25.0. The highest BCUT2D eigenvalue weighted by atomic mass is 35.5. The molecule has 6 nitrogen and oxygen atoms in total. The van der Waals surface area contributed by atoms with Gasteiger partial charge in [-0.2, -0.15) is 4.39 Å². The second-order valence-electron chi connectivity index (χ2n) is 6.71. The predicted octanol–water partition coefficient (Wildman–Crippen LogP) is 3.71. The van der Waals surface area contributed by atoms with Gasteiger partial charge in [0.05, 0.1) is 0 Å². The molecule has 8 heteroatoms. The summed E-state index contributed by atoms with van der Waals surface area (Å²) in [6, 6.07) is 13.0. The van der Waals surface area contributed by atoms with Gasteiger partial charge in [-0.05, 0) is 31.0 Å². The number of benzene rings is 1. The van der Waals surface area contributed by atoms with Crippen LogP contribution < -0.4 is 15.8 Å². The summed E-state index contributed by atoms with van der Waals surface area (Å²) in [5.41, 5.74) is 1.04. The summed E-state index contributed by atoms with van der Waals surface area (Å²) in [6.45, 7) is 1.41. The molecule has 144 valence electrons. The summed E-state index contributed by atoms with van der Waals surface area (Å²) in [5.74, 6) is 0.0442. The van der Waals surface area contributed by atoms with E-state index in [1.807, 2.05) is 35.2 Å². The van der Waals surface area contributed by atoms with Crippen molar-refractivity contribution in [2.45, 2.75) is 18.9 Å². The molecule has 0 bridgehead atoms. The second kappa shape index (κ2) is 7.98. The van der Waals surface area contributed by atoms with Gasteiger partial charge in [0.2, 0.25) is 5.95 Å². The molecule has 3 aromatic rings. The van der Waals surface area contributed by atoms with Gasteiger partial charge in [0.15, 0.2) is 5.82 Å². The number of rotatable bonds is 4. The first-order valence-electron chi connectivity index (χ1n) is 9.08. The molecule has 0 unspecified atom stereocenters. The van der Waals surface area contributed by atoms with Crippen LogP contribution in [0.5, 0.6) is 0 Å². The van der Waals surface area contributed by atoms with Gasteiger partial charge < -0.3 is 15.2 Å². The average molecular weight is 400 g/mol. The third kappa shape index (κ3) is 3.99.